The lowest BCUT2D eigenvalue weighted by atomic mass is 10.2. The van der Waals surface area contributed by atoms with E-state index in [1.807, 2.05) is 26.0 Å². The smallest absolute Gasteiger partial charge is 0.286 e. The van der Waals surface area contributed by atoms with Crippen molar-refractivity contribution in [2.45, 2.75) is 24.5 Å². The van der Waals surface area contributed by atoms with E-state index in [0.717, 1.165) is 21.9 Å². The Kier molecular flexibility index (Phi) is 5.43. The average Bonchev–Trinajstić information content (AvgIpc) is 3.29. The van der Waals surface area contributed by atoms with Gasteiger partial charge in [0.2, 0.25) is 0 Å². The van der Waals surface area contributed by atoms with E-state index in [1.165, 1.54) is 11.8 Å². The third-order valence-electron chi connectivity index (χ3n) is 3.82. The fourth-order valence-electron chi connectivity index (χ4n) is 2.36. The standard InChI is InChI=1S/C18H18N4O3S/c1-11-14(12(2)25-22-11)10-26-16-8-4-3-6-13(16)17(23)20-21-18(24)15-7-5-9-19-15/h3-9,19H,10H2,1-2H3,(H,20,23)(H,21,24). The number of rotatable bonds is 5. The molecule has 0 saturated heterocycles. The van der Waals surface area contributed by atoms with Gasteiger partial charge < -0.3 is 9.51 Å². The van der Waals surface area contributed by atoms with Crippen molar-refractivity contribution in [3.05, 3.63) is 70.9 Å². The zero-order chi connectivity index (χ0) is 18.5. The van der Waals surface area contributed by atoms with Crippen LogP contribution in [0.25, 0.3) is 0 Å². The van der Waals surface area contributed by atoms with Crippen LogP contribution in [0.4, 0.5) is 0 Å². The quantitative estimate of drug-likeness (QED) is 0.474. The van der Waals surface area contributed by atoms with Crippen LogP contribution in [0.5, 0.6) is 0 Å². The molecule has 0 radical (unpaired) electrons. The molecule has 1 aromatic carbocycles. The van der Waals surface area contributed by atoms with Crippen LogP contribution >= 0.6 is 11.8 Å². The first kappa shape index (κ1) is 17.8. The monoisotopic (exact) mass is 370 g/mol. The van der Waals surface area contributed by atoms with Gasteiger partial charge in [0, 0.05) is 22.4 Å². The molecule has 134 valence electrons. The average molecular weight is 370 g/mol. The Labute approximate surface area is 154 Å². The third-order valence-corrected chi connectivity index (χ3v) is 4.92. The number of nitrogens with zero attached hydrogens (tertiary/aromatic N) is 1. The number of benzene rings is 1. The highest BCUT2D eigenvalue weighted by Gasteiger charge is 2.15. The SMILES string of the molecule is Cc1noc(C)c1CSc1ccccc1C(=O)NNC(=O)c1ccc[nH]1. The second-order valence-corrected chi connectivity index (χ2v) is 6.60. The first-order valence-electron chi connectivity index (χ1n) is 7.94. The predicted molar refractivity (Wildman–Crippen MR) is 97.7 cm³/mol. The summed E-state index contributed by atoms with van der Waals surface area (Å²) in [4.78, 5) is 27.9. The number of hydrazine groups is 1. The molecule has 0 atom stereocenters. The van der Waals surface area contributed by atoms with Crippen molar-refractivity contribution >= 4 is 23.6 Å². The van der Waals surface area contributed by atoms with Gasteiger partial charge in [-0.15, -0.1) is 11.8 Å². The fraction of sp³-hybridized carbons (Fsp3) is 0.167. The number of aromatic amines is 1. The van der Waals surface area contributed by atoms with Crippen LogP contribution in [0, 0.1) is 13.8 Å². The molecule has 7 nitrogen and oxygen atoms in total. The van der Waals surface area contributed by atoms with E-state index < -0.39 is 5.91 Å². The fourth-order valence-corrected chi connectivity index (χ4v) is 3.56. The highest BCUT2D eigenvalue weighted by atomic mass is 32.2. The summed E-state index contributed by atoms with van der Waals surface area (Å²) in [5, 5.41) is 3.94. The number of thioether (sulfide) groups is 1. The highest BCUT2D eigenvalue weighted by Crippen LogP contribution is 2.28. The Balaban J connectivity index is 1.66. The summed E-state index contributed by atoms with van der Waals surface area (Å²) in [6.45, 7) is 3.76. The largest absolute Gasteiger partial charge is 0.361 e. The van der Waals surface area contributed by atoms with Gasteiger partial charge in [-0.2, -0.15) is 0 Å². The molecule has 0 aliphatic rings. The molecule has 2 heterocycles. The lowest BCUT2D eigenvalue weighted by molar-refractivity contribution is 0.0842. The van der Waals surface area contributed by atoms with E-state index >= 15 is 0 Å². The van der Waals surface area contributed by atoms with Crippen LogP contribution in [0.3, 0.4) is 0 Å². The number of aromatic nitrogens is 2. The van der Waals surface area contributed by atoms with Crippen LogP contribution in [0.2, 0.25) is 0 Å². The van der Waals surface area contributed by atoms with Gasteiger partial charge in [0.1, 0.15) is 11.5 Å². The van der Waals surface area contributed by atoms with E-state index in [9.17, 15) is 9.59 Å². The van der Waals surface area contributed by atoms with Gasteiger partial charge in [0.05, 0.1) is 11.3 Å². The number of carbonyl (C=O) groups excluding carboxylic acids is 2. The van der Waals surface area contributed by atoms with Gasteiger partial charge >= 0.3 is 0 Å². The Hall–Kier alpha value is -3.00. The number of amides is 2. The summed E-state index contributed by atoms with van der Waals surface area (Å²) in [6, 6.07) is 10.5. The molecule has 0 unspecified atom stereocenters. The minimum atomic E-state index is -0.413. The van der Waals surface area contributed by atoms with Crippen LogP contribution < -0.4 is 10.9 Å². The minimum Gasteiger partial charge on any atom is -0.361 e. The lowest BCUT2D eigenvalue weighted by Gasteiger charge is -2.10. The number of nitrogens with one attached hydrogen (secondary N) is 3. The zero-order valence-electron chi connectivity index (χ0n) is 14.3. The molecule has 0 saturated carbocycles. The summed E-state index contributed by atoms with van der Waals surface area (Å²) >= 11 is 1.51. The van der Waals surface area contributed by atoms with Crippen molar-refractivity contribution in [2.24, 2.45) is 0 Å². The molecule has 3 rings (SSSR count). The maximum absolute atomic E-state index is 12.5. The van der Waals surface area contributed by atoms with E-state index in [4.69, 9.17) is 4.52 Å². The highest BCUT2D eigenvalue weighted by molar-refractivity contribution is 7.98. The minimum absolute atomic E-state index is 0.367. The number of H-pyrrole nitrogens is 1. The molecule has 2 aromatic heterocycles. The molecule has 26 heavy (non-hydrogen) atoms. The molecule has 0 fully saturated rings. The second kappa shape index (κ2) is 7.92. The molecular weight excluding hydrogens is 352 g/mol. The van der Waals surface area contributed by atoms with Gasteiger partial charge in [-0.1, -0.05) is 17.3 Å². The van der Waals surface area contributed by atoms with Gasteiger partial charge in [0.15, 0.2) is 0 Å². The Morgan fingerprint density at radius 2 is 1.88 bits per heavy atom. The molecule has 3 aromatic rings. The van der Waals surface area contributed by atoms with Crippen LogP contribution in [0.1, 0.15) is 37.9 Å². The molecule has 0 aliphatic carbocycles. The maximum Gasteiger partial charge on any atom is 0.286 e. The summed E-state index contributed by atoms with van der Waals surface area (Å²) in [7, 11) is 0. The summed E-state index contributed by atoms with van der Waals surface area (Å²) < 4.78 is 5.17. The van der Waals surface area contributed by atoms with Crippen LogP contribution in [0.15, 0.2) is 52.0 Å². The Morgan fingerprint density at radius 1 is 1.12 bits per heavy atom. The number of aryl methyl sites for hydroxylation is 2. The molecular formula is C18H18N4O3S. The number of carbonyl (C=O) groups is 2. The van der Waals surface area contributed by atoms with Crippen molar-refractivity contribution in [3.8, 4) is 0 Å². The first-order chi connectivity index (χ1) is 12.6. The summed E-state index contributed by atoms with van der Waals surface area (Å²) in [5.74, 6) is 0.617. The van der Waals surface area contributed by atoms with E-state index in [2.05, 4.69) is 21.0 Å². The molecule has 2 amide bonds. The maximum atomic E-state index is 12.5. The molecule has 0 bridgehead atoms. The number of hydrogen-bond acceptors (Lipinski definition) is 5. The topological polar surface area (TPSA) is 100 Å². The lowest BCUT2D eigenvalue weighted by Crippen LogP contribution is -2.41. The normalized spacial score (nSPS) is 10.5. The molecule has 0 aliphatic heterocycles. The first-order valence-corrected chi connectivity index (χ1v) is 8.92. The molecule has 3 N–H and O–H groups in total. The van der Waals surface area contributed by atoms with E-state index in [1.54, 1.807) is 30.5 Å². The molecule has 8 heteroatoms. The van der Waals surface area contributed by atoms with E-state index in [-0.39, 0.29) is 5.91 Å². The summed E-state index contributed by atoms with van der Waals surface area (Å²) in [5.41, 5.74) is 7.55. The van der Waals surface area contributed by atoms with Crippen LogP contribution in [-0.4, -0.2) is 22.0 Å². The van der Waals surface area contributed by atoms with Crippen LogP contribution in [-0.2, 0) is 5.75 Å². The van der Waals surface area contributed by atoms with Gasteiger partial charge in [-0.3, -0.25) is 20.4 Å². The Bertz CT molecular complexity index is 899. The molecule has 0 spiro atoms. The van der Waals surface area contributed by atoms with Gasteiger partial charge in [-0.05, 0) is 38.1 Å². The van der Waals surface area contributed by atoms with Gasteiger partial charge in [-0.25, -0.2) is 0 Å². The summed E-state index contributed by atoms with van der Waals surface area (Å²) in [6.07, 6.45) is 1.64. The zero-order valence-corrected chi connectivity index (χ0v) is 15.1. The predicted octanol–water partition coefficient (Wildman–Crippen LogP) is 2.99. The van der Waals surface area contributed by atoms with Crippen molar-refractivity contribution in [3.63, 3.8) is 0 Å². The van der Waals surface area contributed by atoms with Crippen molar-refractivity contribution in [1.82, 2.24) is 21.0 Å². The van der Waals surface area contributed by atoms with E-state index in [0.29, 0.717) is 17.0 Å². The second-order valence-electron chi connectivity index (χ2n) is 5.58. The third kappa shape index (κ3) is 3.97. The van der Waals surface area contributed by atoms with Crippen molar-refractivity contribution in [1.29, 1.82) is 0 Å². The van der Waals surface area contributed by atoms with Crippen molar-refractivity contribution < 1.29 is 14.1 Å². The van der Waals surface area contributed by atoms with Crippen molar-refractivity contribution in [2.75, 3.05) is 0 Å². The Morgan fingerprint density at radius 3 is 2.58 bits per heavy atom. The van der Waals surface area contributed by atoms with Gasteiger partial charge in [0.25, 0.3) is 11.8 Å². The number of hydrogen-bond donors (Lipinski definition) is 3.